The van der Waals surface area contributed by atoms with Gasteiger partial charge in [0.25, 0.3) is 0 Å². The highest BCUT2D eigenvalue weighted by Crippen LogP contribution is 2.30. The van der Waals surface area contributed by atoms with Crippen LogP contribution in [-0.2, 0) is 4.79 Å². The van der Waals surface area contributed by atoms with Gasteiger partial charge in [0.1, 0.15) is 5.38 Å². The summed E-state index contributed by atoms with van der Waals surface area (Å²) in [5.41, 5.74) is 0.834. The van der Waals surface area contributed by atoms with Crippen molar-refractivity contribution in [2.45, 2.75) is 12.3 Å². The van der Waals surface area contributed by atoms with Gasteiger partial charge in [-0.15, -0.1) is 11.6 Å². The molecule has 1 rings (SSSR count). The maximum Gasteiger partial charge on any atom is 0.152 e. The normalized spacial score (nSPS) is 12.6. The summed E-state index contributed by atoms with van der Waals surface area (Å²) in [5.74, 6) is -0.0376. The largest absolute Gasteiger partial charge is 0.298 e. The first-order valence-corrected chi connectivity index (χ1v) is 5.92. The summed E-state index contributed by atoms with van der Waals surface area (Å²) in [6.07, 6.45) is 0. The molecule has 0 radical (unpaired) electrons. The minimum absolute atomic E-state index is 0.0376. The average Bonchev–Trinajstić information content (AvgIpc) is 2.08. The van der Waals surface area contributed by atoms with Crippen LogP contribution in [-0.4, -0.2) is 5.78 Å². The van der Waals surface area contributed by atoms with E-state index in [0.29, 0.717) is 0 Å². The monoisotopic (exact) mass is 372 g/mol. The van der Waals surface area contributed by atoms with Gasteiger partial charge in [0, 0.05) is 8.04 Å². The van der Waals surface area contributed by atoms with Crippen LogP contribution >= 0.6 is 50.1 Å². The van der Waals surface area contributed by atoms with Gasteiger partial charge in [-0.05, 0) is 53.3 Å². The highest BCUT2D eigenvalue weighted by molar-refractivity contribution is 14.1. The van der Waals surface area contributed by atoms with Crippen molar-refractivity contribution in [1.29, 1.82) is 0 Å². The van der Waals surface area contributed by atoms with Gasteiger partial charge in [0.2, 0.25) is 0 Å². The van der Waals surface area contributed by atoms with Crippen LogP contribution in [0.15, 0.2) is 22.7 Å². The van der Waals surface area contributed by atoms with E-state index in [2.05, 4.69) is 38.5 Å². The number of alkyl halides is 1. The Kier molecular flexibility index (Phi) is 4.19. The zero-order valence-electron chi connectivity index (χ0n) is 6.85. The van der Waals surface area contributed by atoms with Crippen LogP contribution in [0.25, 0.3) is 0 Å². The average molecular weight is 373 g/mol. The number of carbonyl (C=O) groups is 1. The minimum Gasteiger partial charge on any atom is -0.298 e. The number of carbonyl (C=O) groups excluding carboxylic acids is 1. The summed E-state index contributed by atoms with van der Waals surface area (Å²) in [5, 5.41) is -0.552. The van der Waals surface area contributed by atoms with Crippen LogP contribution in [0.1, 0.15) is 17.9 Å². The van der Waals surface area contributed by atoms with Crippen molar-refractivity contribution < 1.29 is 4.79 Å². The predicted octanol–water partition coefficient (Wildman–Crippen LogP) is 3.92. The van der Waals surface area contributed by atoms with Crippen molar-refractivity contribution >= 4 is 55.9 Å². The van der Waals surface area contributed by atoms with Gasteiger partial charge >= 0.3 is 0 Å². The number of benzene rings is 1. The van der Waals surface area contributed by atoms with Crippen LogP contribution in [0.4, 0.5) is 0 Å². The molecule has 0 aliphatic heterocycles. The van der Waals surface area contributed by atoms with Crippen molar-refractivity contribution in [2.24, 2.45) is 0 Å². The second-order valence-corrected chi connectivity index (χ2v) is 5.18. The van der Waals surface area contributed by atoms with E-state index < -0.39 is 5.38 Å². The first kappa shape index (κ1) is 11.5. The van der Waals surface area contributed by atoms with Crippen LogP contribution in [0.2, 0.25) is 0 Å². The molecule has 0 aliphatic carbocycles. The lowest BCUT2D eigenvalue weighted by Gasteiger charge is -2.08. The van der Waals surface area contributed by atoms with E-state index in [1.54, 1.807) is 0 Å². The summed E-state index contributed by atoms with van der Waals surface area (Å²) >= 11 is 11.5. The Morgan fingerprint density at radius 3 is 2.77 bits per heavy atom. The molecule has 0 spiro atoms. The van der Waals surface area contributed by atoms with Crippen molar-refractivity contribution in [1.82, 2.24) is 0 Å². The third kappa shape index (κ3) is 2.92. The second kappa shape index (κ2) is 4.75. The van der Waals surface area contributed by atoms with Crippen molar-refractivity contribution in [3.8, 4) is 0 Å². The molecular weight excluding hydrogens is 366 g/mol. The molecule has 0 aromatic heterocycles. The molecule has 1 unspecified atom stereocenters. The Labute approximate surface area is 104 Å². The molecule has 0 saturated heterocycles. The van der Waals surface area contributed by atoms with Gasteiger partial charge in [-0.1, -0.05) is 15.9 Å². The lowest BCUT2D eigenvalue weighted by atomic mass is 10.1. The Morgan fingerprint density at radius 1 is 1.62 bits per heavy atom. The fraction of sp³-hybridized carbons (Fsp3) is 0.222. The fourth-order valence-corrected chi connectivity index (χ4v) is 2.23. The van der Waals surface area contributed by atoms with Gasteiger partial charge in [0.05, 0.1) is 0 Å². The molecule has 0 N–H and O–H groups in total. The quantitative estimate of drug-likeness (QED) is 0.567. The lowest BCUT2D eigenvalue weighted by molar-refractivity contribution is -0.116. The molecule has 0 saturated carbocycles. The SMILES string of the molecule is CC(=O)C(Cl)c1cc(I)ccc1Br. The smallest absolute Gasteiger partial charge is 0.152 e. The number of hydrogen-bond acceptors (Lipinski definition) is 1. The number of ketones is 1. The van der Waals surface area contributed by atoms with Gasteiger partial charge < -0.3 is 0 Å². The highest BCUT2D eigenvalue weighted by atomic mass is 127. The number of Topliss-reactive ketones (excluding diaryl/α,β-unsaturated/α-hetero) is 1. The highest BCUT2D eigenvalue weighted by Gasteiger charge is 2.15. The molecule has 13 heavy (non-hydrogen) atoms. The Hall–Kier alpha value is 0.390. The van der Waals surface area contributed by atoms with Gasteiger partial charge in [-0.3, -0.25) is 4.79 Å². The van der Waals surface area contributed by atoms with E-state index >= 15 is 0 Å². The summed E-state index contributed by atoms with van der Waals surface area (Å²) < 4.78 is 1.95. The van der Waals surface area contributed by atoms with Crippen LogP contribution in [0, 0.1) is 3.57 Å². The molecule has 1 nitrogen and oxygen atoms in total. The Morgan fingerprint density at radius 2 is 2.23 bits per heavy atom. The summed E-state index contributed by atoms with van der Waals surface area (Å²) in [6, 6.07) is 5.76. The summed E-state index contributed by atoms with van der Waals surface area (Å²) in [7, 11) is 0. The lowest BCUT2D eigenvalue weighted by Crippen LogP contribution is -2.02. The van der Waals surface area contributed by atoms with E-state index in [1.807, 2.05) is 18.2 Å². The molecule has 0 amide bonds. The summed E-state index contributed by atoms with van der Waals surface area (Å²) in [6.45, 7) is 1.49. The molecule has 1 aromatic carbocycles. The van der Waals surface area contributed by atoms with Crippen molar-refractivity contribution in [3.63, 3.8) is 0 Å². The topological polar surface area (TPSA) is 17.1 Å². The molecule has 4 heteroatoms. The fourth-order valence-electron chi connectivity index (χ4n) is 0.928. The Balaban J connectivity index is 3.12. The van der Waals surface area contributed by atoms with Crippen molar-refractivity contribution in [2.75, 3.05) is 0 Å². The van der Waals surface area contributed by atoms with Gasteiger partial charge in [-0.2, -0.15) is 0 Å². The molecule has 70 valence electrons. The first-order valence-electron chi connectivity index (χ1n) is 3.62. The molecule has 0 aliphatic rings. The maximum atomic E-state index is 11.1. The number of hydrogen-bond donors (Lipinski definition) is 0. The zero-order valence-corrected chi connectivity index (χ0v) is 11.4. The number of halogens is 3. The second-order valence-electron chi connectivity index (χ2n) is 2.64. The zero-order chi connectivity index (χ0) is 10.0. The first-order chi connectivity index (χ1) is 6.02. The van der Waals surface area contributed by atoms with Gasteiger partial charge in [0.15, 0.2) is 5.78 Å². The molecule has 1 aromatic rings. The summed E-state index contributed by atoms with van der Waals surface area (Å²) in [4.78, 5) is 11.1. The molecule has 0 heterocycles. The van der Waals surface area contributed by atoms with E-state index in [1.165, 1.54) is 6.92 Å². The Bertz CT molecular complexity index is 340. The van der Waals surface area contributed by atoms with Gasteiger partial charge in [-0.25, -0.2) is 0 Å². The predicted molar refractivity (Wildman–Crippen MR) is 66.1 cm³/mol. The van der Waals surface area contributed by atoms with E-state index in [0.717, 1.165) is 13.6 Å². The standard InChI is InChI=1S/C9H7BrClIO/c1-5(13)9(11)7-4-6(12)2-3-8(7)10/h2-4,9H,1H3. The van der Waals surface area contributed by atoms with Crippen LogP contribution in [0.5, 0.6) is 0 Å². The number of rotatable bonds is 2. The maximum absolute atomic E-state index is 11.1. The van der Waals surface area contributed by atoms with Crippen molar-refractivity contribution in [3.05, 3.63) is 31.8 Å². The molecular formula is C9H7BrClIO. The molecule has 1 atom stereocenters. The van der Waals surface area contributed by atoms with Crippen LogP contribution < -0.4 is 0 Å². The third-order valence-corrected chi connectivity index (χ3v) is 3.52. The molecule has 0 fully saturated rings. The van der Waals surface area contributed by atoms with E-state index in [-0.39, 0.29) is 5.78 Å². The van der Waals surface area contributed by atoms with Crippen LogP contribution in [0.3, 0.4) is 0 Å². The molecule has 0 bridgehead atoms. The minimum atomic E-state index is -0.552. The van der Waals surface area contributed by atoms with E-state index in [4.69, 9.17) is 11.6 Å². The third-order valence-electron chi connectivity index (χ3n) is 1.59. The van der Waals surface area contributed by atoms with E-state index in [9.17, 15) is 4.79 Å².